The Morgan fingerprint density at radius 1 is 1.41 bits per heavy atom. The van der Waals surface area contributed by atoms with Gasteiger partial charge in [0.1, 0.15) is 5.75 Å². The van der Waals surface area contributed by atoms with Gasteiger partial charge in [0.2, 0.25) is 0 Å². The van der Waals surface area contributed by atoms with Gasteiger partial charge in [-0.2, -0.15) is 0 Å². The normalized spacial score (nSPS) is 18.4. The Labute approximate surface area is 101 Å². The molecule has 1 atom stereocenters. The van der Waals surface area contributed by atoms with Gasteiger partial charge in [0, 0.05) is 12.6 Å². The van der Waals surface area contributed by atoms with Crippen LogP contribution in [0.25, 0.3) is 0 Å². The van der Waals surface area contributed by atoms with E-state index < -0.39 is 0 Å². The van der Waals surface area contributed by atoms with Crippen molar-refractivity contribution in [2.45, 2.75) is 25.4 Å². The first-order valence-electron chi connectivity index (χ1n) is 5.69. The number of carbonyl (C=O) groups is 1. The van der Waals surface area contributed by atoms with Crippen molar-refractivity contribution in [3.8, 4) is 5.75 Å². The second kappa shape index (κ2) is 5.19. The number of methoxy groups -OCH3 is 2. The van der Waals surface area contributed by atoms with Gasteiger partial charge in [-0.1, -0.05) is 6.07 Å². The molecule has 0 aliphatic carbocycles. The summed E-state index contributed by atoms with van der Waals surface area (Å²) in [5.41, 5.74) is 2.52. The number of benzene rings is 1. The Bertz CT molecular complexity index is 417. The van der Waals surface area contributed by atoms with Crippen molar-refractivity contribution in [2.75, 3.05) is 14.2 Å². The van der Waals surface area contributed by atoms with Gasteiger partial charge in [0.05, 0.1) is 20.6 Å². The molecule has 0 saturated carbocycles. The van der Waals surface area contributed by atoms with Gasteiger partial charge in [-0.15, -0.1) is 0 Å². The molecular weight excluding hydrogens is 218 g/mol. The van der Waals surface area contributed by atoms with Crippen molar-refractivity contribution in [3.05, 3.63) is 29.3 Å². The van der Waals surface area contributed by atoms with Crippen LogP contribution in [0.3, 0.4) is 0 Å². The minimum absolute atomic E-state index is 0.167. The maximum Gasteiger partial charge on any atom is 0.307 e. The summed E-state index contributed by atoms with van der Waals surface area (Å²) in [4.78, 5) is 11.2. The highest BCUT2D eigenvalue weighted by molar-refractivity contribution is 5.70. The van der Waals surface area contributed by atoms with E-state index in [0.717, 1.165) is 18.7 Å². The summed E-state index contributed by atoms with van der Waals surface area (Å²) in [6, 6.07) is 6.23. The summed E-state index contributed by atoms with van der Waals surface area (Å²) in [5.74, 6) is 0.705. The van der Waals surface area contributed by atoms with Crippen molar-refractivity contribution in [2.24, 2.45) is 0 Å². The zero-order valence-corrected chi connectivity index (χ0v) is 10.2. The van der Waals surface area contributed by atoms with Gasteiger partial charge in [-0.25, -0.2) is 0 Å². The fourth-order valence-electron chi connectivity index (χ4n) is 2.11. The van der Waals surface area contributed by atoms with E-state index in [0.29, 0.717) is 6.42 Å². The average molecular weight is 235 g/mol. The molecule has 0 radical (unpaired) electrons. The first-order chi connectivity index (χ1) is 8.22. The summed E-state index contributed by atoms with van der Waals surface area (Å²) in [6.07, 6.45) is 1.27. The van der Waals surface area contributed by atoms with Crippen LogP contribution in [-0.4, -0.2) is 26.2 Å². The number of nitrogens with one attached hydrogen (secondary N) is 1. The second-order valence-corrected chi connectivity index (χ2v) is 4.20. The van der Waals surface area contributed by atoms with Crippen molar-refractivity contribution < 1.29 is 14.3 Å². The van der Waals surface area contributed by atoms with Gasteiger partial charge in [0.25, 0.3) is 0 Å². The highest BCUT2D eigenvalue weighted by Crippen LogP contribution is 2.23. The van der Waals surface area contributed by atoms with Gasteiger partial charge in [0.15, 0.2) is 0 Å². The zero-order valence-electron chi connectivity index (χ0n) is 10.2. The molecule has 1 heterocycles. The van der Waals surface area contributed by atoms with Crippen LogP contribution in [0, 0.1) is 0 Å². The zero-order chi connectivity index (χ0) is 12.3. The molecule has 0 spiro atoms. The Hall–Kier alpha value is -1.55. The maximum absolute atomic E-state index is 11.2. The van der Waals surface area contributed by atoms with E-state index in [1.807, 2.05) is 12.1 Å². The highest BCUT2D eigenvalue weighted by atomic mass is 16.5. The minimum Gasteiger partial charge on any atom is -0.497 e. The van der Waals surface area contributed by atoms with Crippen molar-refractivity contribution in [3.63, 3.8) is 0 Å². The van der Waals surface area contributed by atoms with Crippen LogP contribution in [0.5, 0.6) is 5.75 Å². The predicted molar refractivity (Wildman–Crippen MR) is 64.0 cm³/mol. The molecule has 1 aromatic rings. The number of rotatable bonds is 3. The van der Waals surface area contributed by atoms with Gasteiger partial charge in [-0.05, 0) is 29.7 Å². The third-order valence-electron chi connectivity index (χ3n) is 3.10. The molecule has 4 nitrogen and oxygen atoms in total. The molecule has 2 rings (SSSR count). The molecule has 0 fully saturated rings. The van der Waals surface area contributed by atoms with Crippen LogP contribution in [0.4, 0.5) is 0 Å². The SMILES string of the molecule is COC(=O)CC1Cc2ccc(OC)cc2CN1. The lowest BCUT2D eigenvalue weighted by Crippen LogP contribution is -2.37. The van der Waals surface area contributed by atoms with E-state index >= 15 is 0 Å². The molecule has 17 heavy (non-hydrogen) atoms. The van der Waals surface area contributed by atoms with Crippen molar-refractivity contribution >= 4 is 5.97 Å². The molecule has 0 aromatic heterocycles. The molecule has 1 aliphatic rings. The third kappa shape index (κ3) is 2.77. The molecule has 0 amide bonds. The lowest BCUT2D eigenvalue weighted by Gasteiger charge is -2.25. The van der Waals surface area contributed by atoms with Gasteiger partial charge < -0.3 is 14.8 Å². The Morgan fingerprint density at radius 2 is 2.24 bits per heavy atom. The van der Waals surface area contributed by atoms with Crippen molar-refractivity contribution in [1.82, 2.24) is 5.32 Å². The number of fused-ring (bicyclic) bond motifs is 1. The quantitative estimate of drug-likeness (QED) is 0.802. The smallest absolute Gasteiger partial charge is 0.307 e. The summed E-state index contributed by atoms with van der Waals surface area (Å²) in [6.45, 7) is 0.772. The fourth-order valence-corrected chi connectivity index (χ4v) is 2.11. The Kier molecular flexibility index (Phi) is 3.64. The topological polar surface area (TPSA) is 47.6 Å². The molecule has 4 heteroatoms. The van der Waals surface area contributed by atoms with Gasteiger partial charge >= 0.3 is 5.97 Å². The Morgan fingerprint density at radius 3 is 2.94 bits per heavy atom. The molecule has 1 aliphatic heterocycles. The lowest BCUT2D eigenvalue weighted by atomic mass is 9.94. The Balaban J connectivity index is 2.06. The summed E-state index contributed by atoms with van der Waals surface area (Å²) >= 11 is 0. The van der Waals surface area contributed by atoms with Gasteiger partial charge in [-0.3, -0.25) is 4.79 Å². The average Bonchev–Trinajstić information content (AvgIpc) is 2.38. The molecule has 0 saturated heterocycles. The summed E-state index contributed by atoms with van der Waals surface area (Å²) in [5, 5.41) is 3.34. The number of esters is 1. The molecule has 92 valence electrons. The minimum atomic E-state index is -0.167. The van der Waals surface area contributed by atoms with Crippen LogP contribution in [0.2, 0.25) is 0 Å². The molecular formula is C13H17NO3. The maximum atomic E-state index is 11.2. The molecule has 1 N–H and O–H groups in total. The monoisotopic (exact) mass is 235 g/mol. The van der Waals surface area contributed by atoms with Crippen LogP contribution in [0.1, 0.15) is 17.5 Å². The number of ether oxygens (including phenoxy) is 2. The number of hydrogen-bond donors (Lipinski definition) is 1. The van der Waals surface area contributed by atoms with Crippen LogP contribution >= 0.6 is 0 Å². The van der Waals surface area contributed by atoms with E-state index in [9.17, 15) is 4.79 Å². The summed E-state index contributed by atoms with van der Waals surface area (Å²) in [7, 11) is 3.09. The largest absolute Gasteiger partial charge is 0.497 e. The lowest BCUT2D eigenvalue weighted by molar-refractivity contribution is -0.141. The van der Waals surface area contributed by atoms with Crippen LogP contribution in [0.15, 0.2) is 18.2 Å². The van der Waals surface area contributed by atoms with E-state index in [4.69, 9.17) is 4.74 Å². The van der Waals surface area contributed by atoms with E-state index in [1.165, 1.54) is 18.2 Å². The predicted octanol–water partition coefficient (Wildman–Crippen LogP) is 1.27. The van der Waals surface area contributed by atoms with Crippen molar-refractivity contribution in [1.29, 1.82) is 0 Å². The summed E-state index contributed by atoms with van der Waals surface area (Å²) < 4.78 is 9.87. The van der Waals surface area contributed by atoms with E-state index in [2.05, 4.69) is 16.1 Å². The van der Waals surface area contributed by atoms with Crippen LogP contribution < -0.4 is 10.1 Å². The van der Waals surface area contributed by atoms with E-state index in [1.54, 1.807) is 7.11 Å². The first kappa shape index (κ1) is 11.9. The first-order valence-corrected chi connectivity index (χ1v) is 5.69. The second-order valence-electron chi connectivity index (χ2n) is 4.20. The number of hydrogen-bond acceptors (Lipinski definition) is 4. The highest BCUT2D eigenvalue weighted by Gasteiger charge is 2.20. The standard InChI is InChI=1S/C13H17NO3/c1-16-12-4-3-9-5-11(7-13(15)17-2)14-8-10(9)6-12/h3-4,6,11,14H,5,7-8H2,1-2H3. The fraction of sp³-hybridized carbons (Fsp3) is 0.462. The number of carbonyl (C=O) groups excluding carboxylic acids is 1. The third-order valence-corrected chi connectivity index (χ3v) is 3.10. The molecule has 1 aromatic carbocycles. The molecule has 1 unspecified atom stereocenters. The molecule has 0 bridgehead atoms. The van der Waals surface area contributed by atoms with Crippen LogP contribution in [-0.2, 0) is 22.5 Å². The van der Waals surface area contributed by atoms with E-state index in [-0.39, 0.29) is 12.0 Å².